The third-order valence-corrected chi connectivity index (χ3v) is 1.32. The number of ether oxygens (including phenoxy) is 1. The molecule has 66 valence electrons. The van der Waals surface area contributed by atoms with Gasteiger partial charge in [-0.1, -0.05) is 0 Å². The molecule has 12 heavy (non-hydrogen) atoms. The van der Waals surface area contributed by atoms with E-state index in [9.17, 15) is 4.79 Å². The fourth-order valence-corrected chi connectivity index (χ4v) is 0.716. The van der Waals surface area contributed by atoms with E-state index >= 15 is 0 Å². The molecular weight excluding hydrogens is 160 g/mol. The number of aromatic nitrogens is 3. The number of hydrogen-bond donors (Lipinski definition) is 2. The maximum absolute atomic E-state index is 10.9. The van der Waals surface area contributed by atoms with Crippen LogP contribution in [-0.4, -0.2) is 34.3 Å². The quantitative estimate of drug-likeness (QED) is 0.613. The number of methoxy groups -OCH3 is 1. The number of esters is 1. The van der Waals surface area contributed by atoms with E-state index in [1.54, 1.807) is 6.92 Å². The monoisotopic (exact) mass is 170 g/mol. The first-order valence-electron chi connectivity index (χ1n) is 3.43. The highest BCUT2D eigenvalue weighted by Crippen LogP contribution is 1.97. The van der Waals surface area contributed by atoms with Crippen molar-refractivity contribution in [1.82, 2.24) is 15.2 Å². The highest BCUT2D eigenvalue weighted by Gasteiger charge is 2.12. The maximum atomic E-state index is 10.9. The minimum atomic E-state index is -0.428. The van der Waals surface area contributed by atoms with Gasteiger partial charge in [0.25, 0.3) is 0 Å². The number of nitrogens with one attached hydrogen (secondary N) is 2. The normalized spacial score (nSPS) is 12.2. The number of anilines is 1. The SMILES string of the molecule is COC(=O)C(C)Nc1ncn[nH]1. The zero-order valence-corrected chi connectivity index (χ0v) is 6.87. The van der Waals surface area contributed by atoms with Gasteiger partial charge in [0, 0.05) is 0 Å². The highest BCUT2D eigenvalue weighted by molar-refractivity contribution is 5.77. The number of rotatable bonds is 3. The Balaban J connectivity index is 2.47. The molecule has 0 spiro atoms. The van der Waals surface area contributed by atoms with Crippen molar-refractivity contribution in [3.8, 4) is 0 Å². The Bertz CT molecular complexity index is 246. The summed E-state index contributed by atoms with van der Waals surface area (Å²) in [4.78, 5) is 14.7. The molecule has 1 aromatic heterocycles. The second-order valence-electron chi connectivity index (χ2n) is 2.22. The average Bonchev–Trinajstić information content (AvgIpc) is 2.55. The highest BCUT2D eigenvalue weighted by atomic mass is 16.5. The van der Waals surface area contributed by atoms with Crippen LogP contribution in [0.3, 0.4) is 0 Å². The fourth-order valence-electron chi connectivity index (χ4n) is 0.716. The topological polar surface area (TPSA) is 79.9 Å². The summed E-state index contributed by atoms with van der Waals surface area (Å²) >= 11 is 0. The lowest BCUT2D eigenvalue weighted by atomic mass is 10.3. The molecule has 0 saturated heterocycles. The first-order chi connectivity index (χ1) is 5.74. The molecule has 1 rings (SSSR count). The number of nitrogens with zero attached hydrogens (tertiary/aromatic N) is 2. The first kappa shape index (κ1) is 8.51. The molecule has 1 unspecified atom stereocenters. The third kappa shape index (κ3) is 1.94. The summed E-state index contributed by atoms with van der Waals surface area (Å²) in [5, 5.41) is 8.95. The van der Waals surface area contributed by atoms with Crippen molar-refractivity contribution in [3.63, 3.8) is 0 Å². The summed E-state index contributed by atoms with van der Waals surface area (Å²) in [7, 11) is 1.33. The Morgan fingerprint density at radius 1 is 1.83 bits per heavy atom. The molecule has 0 fully saturated rings. The summed E-state index contributed by atoms with van der Waals surface area (Å²) in [6.07, 6.45) is 1.35. The van der Waals surface area contributed by atoms with Gasteiger partial charge in [-0.15, -0.1) is 0 Å². The molecule has 0 saturated carbocycles. The number of hydrogen-bond acceptors (Lipinski definition) is 5. The molecule has 6 heteroatoms. The van der Waals surface area contributed by atoms with Gasteiger partial charge in [0.2, 0.25) is 5.95 Å². The lowest BCUT2D eigenvalue weighted by Gasteiger charge is -2.08. The van der Waals surface area contributed by atoms with E-state index in [-0.39, 0.29) is 5.97 Å². The second-order valence-corrected chi connectivity index (χ2v) is 2.22. The van der Waals surface area contributed by atoms with Gasteiger partial charge in [-0.25, -0.2) is 14.9 Å². The van der Waals surface area contributed by atoms with Crippen molar-refractivity contribution in [2.75, 3.05) is 12.4 Å². The van der Waals surface area contributed by atoms with Gasteiger partial charge in [-0.2, -0.15) is 5.10 Å². The number of carbonyl (C=O) groups excluding carboxylic acids is 1. The lowest BCUT2D eigenvalue weighted by Crippen LogP contribution is -2.27. The van der Waals surface area contributed by atoms with Gasteiger partial charge >= 0.3 is 5.97 Å². The van der Waals surface area contributed by atoms with Crippen molar-refractivity contribution < 1.29 is 9.53 Å². The third-order valence-electron chi connectivity index (χ3n) is 1.32. The summed E-state index contributed by atoms with van der Waals surface area (Å²) in [6, 6.07) is -0.428. The molecule has 1 aromatic rings. The van der Waals surface area contributed by atoms with Crippen LogP contribution in [0.4, 0.5) is 5.95 Å². The predicted molar refractivity (Wildman–Crippen MR) is 41.5 cm³/mol. The van der Waals surface area contributed by atoms with Crippen LogP contribution in [0.2, 0.25) is 0 Å². The van der Waals surface area contributed by atoms with Crippen LogP contribution in [0.1, 0.15) is 6.92 Å². The first-order valence-corrected chi connectivity index (χ1v) is 3.43. The van der Waals surface area contributed by atoms with Gasteiger partial charge in [0.1, 0.15) is 12.4 Å². The Hall–Kier alpha value is -1.59. The van der Waals surface area contributed by atoms with Gasteiger partial charge in [-0.05, 0) is 6.92 Å². The molecule has 0 aliphatic heterocycles. The number of aromatic amines is 1. The lowest BCUT2D eigenvalue weighted by molar-refractivity contribution is -0.141. The predicted octanol–water partition coefficient (Wildman–Crippen LogP) is -0.222. The van der Waals surface area contributed by atoms with Gasteiger partial charge in [-0.3, -0.25) is 0 Å². The van der Waals surface area contributed by atoms with Crippen molar-refractivity contribution in [3.05, 3.63) is 6.33 Å². The molecule has 1 heterocycles. The van der Waals surface area contributed by atoms with Crippen LogP contribution in [0.25, 0.3) is 0 Å². The fraction of sp³-hybridized carbons (Fsp3) is 0.500. The summed E-state index contributed by atoms with van der Waals surface area (Å²) in [5.41, 5.74) is 0. The van der Waals surface area contributed by atoms with Crippen molar-refractivity contribution in [2.24, 2.45) is 0 Å². The van der Waals surface area contributed by atoms with Crippen molar-refractivity contribution in [2.45, 2.75) is 13.0 Å². The smallest absolute Gasteiger partial charge is 0.328 e. The zero-order chi connectivity index (χ0) is 8.97. The Kier molecular flexibility index (Phi) is 2.62. The van der Waals surface area contributed by atoms with E-state index in [1.165, 1.54) is 13.4 Å². The largest absolute Gasteiger partial charge is 0.467 e. The Morgan fingerprint density at radius 2 is 2.58 bits per heavy atom. The van der Waals surface area contributed by atoms with Crippen LogP contribution < -0.4 is 5.32 Å². The maximum Gasteiger partial charge on any atom is 0.328 e. The molecule has 0 aliphatic carbocycles. The molecule has 6 nitrogen and oxygen atoms in total. The second kappa shape index (κ2) is 3.70. The minimum absolute atomic E-state index is 0.341. The summed E-state index contributed by atoms with van der Waals surface area (Å²) in [6.45, 7) is 1.67. The molecular formula is C6H10N4O2. The van der Waals surface area contributed by atoms with Gasteiger partial charge in [0.05, 0.1) is 7.11 Å². The van der Waals surface area contributed by atoms with Crippen molar-refractivity contribution in [1.29, 1.82) is 0 Å². The van der Waals surface area contributed by atoms with Gasteiger partial charge in [0.15, 0.2) is 0 Å². The Labute approximate surface area is 69.3 Å². The van der Waals surface area contributed by atoms with E-state index in [0.717, 1.165) is 0 Å². The molecule has 0 bridgehead atoms. The summed E-state index contributed by atoms with van der Waals surface area (Å²) < 4.78 is 4.50. The minimum Gasteiger partial charge on any atom is -0.467 e. The Morgan fingerprint density at radius 3 is 3.08 bits per heavy atom. The van der Waals surface area contributed by atoms with E-state index < -0.39 is 6.04 Å². The van der Waals surface area contributed by atoms with Crippen LogP contribution in [-0.2, 0) is 9.53 Å². The van der Waals surface area contributed by atoms with E-state index in [4.69, 9.17) is 0 Å². The van der Waals surface area contributed by atoms with Crippen LogP contribution in [0.15, 0.2) is 6.33 Å². The van der Waals surface area contributed by atoms with E-state index in [1.807, 2.05) is 0 Å². The van der Waals surface area contributed by atoms with Gasteiger partial charge < -0.3 is 10.1 Å². The van der Waals surface area contributed by atoms with Crippen LogP contribution >= 0.6 is 0 Å². The molecule has 0 aromatic carbocycles. The molecule has 0 amide bonds. The van der Waals surface area contributed by atoms with Crippen molar-refractivity contribution >= 4 is 11.9 Å². The molecule has 0 aliphatic rings. The number of carbonyl (C=O) groups is 1. The summed E-state index contributed by atoms with van der Waals surface area (Å²) in [5.74, 6) is 0.110. The number of H-pyrrole nitrogens is 1. The van der Waals surface area contributed by atoms with Crippen LogP contribution in [0, 0.1) is 0 Å². The standard InChI is InChI=1S/C6H10N4O2/c1-4(5(11)12-2)9-6-7-3-8-10-6/h3-4H,1-2H3,(H2,7,8,9,10). The zero-order valence-electron chi connectivity index (χ0n) is 6.87. The molecule has 0 radical (unpaired) electrons. The molecule has 2 N–H and O–H groups in total. The van der Waals surface area contributed by atoms with Crippen LogP contribution in [0.5, 0.6) is 0 Å². The average molecular weight is 170 g/mol. The van der Waals surface area contributed by atoms with E-state index in [2.05, 4.69) is 25.2 Å². The molecule has 1 atom stereocenters. The van der Waals surface area contributed by atoms with E-state index in [0.29, 0.717) is 5.95 Å².